The van der Waals surface area contributed by atoms with Crippen LogP contribution in [0.3, 0.4) is 0 Å². The molecule has 20 heavy (non-hydrogen) atoms. The highest BCUT2D eigenvalue weighted by Crippen LogP contribution is 2.10. The number of morpholine rings is 1. The van der Waals surface area contributed by atoms with E-state index in [4.69, 9.17) is 10.5 Å². The molecule has 0 aromatic heterocycles. The number of rotatable bonds is 6. The second-order valence-electron chi connectivity index (χ2n) is 5.92. The van der Waals surface area contributed by atoms with Gasteiger partial charge in [0, 0.05) is 32.7 Å². The topological polar surface area (TPSA) is 62.9 Å². The maximum Gasteiger partial charge on any atom is 0.188 e. The van der Waals surface area contributed by atoms with Crippen molar-refractivity contribution in [2.75, 3.05) is 32.7 Å². The summed E-state index contributed by atoms with van der Waals surface area (Å²) < 4.78 is 5.72. The zero-order valence-corrected chi connectivity index (χ0v) is 15.6. The van der Waals surface area contributed by atoms with Gasteiger partial charge in [-0.25, -0.2) is 0 Å². The van der Waals surface area contributed by atoms with E-state index in [1.807, 2.05) is 0 Å². The van der Waals surface area contributed by atoms with Gasteiger partial charge in [-0.1, -0.05) is 13.8 Å². The Hall–Kier alpha value is -0.0800. The highest BCUT2D eigenvalue weighted by Gasteiger charge is 2.21. The minimum Gasteiger partial charge on any atom is -0.373 e. The lowest BCUT2D eigenvalue weighted by Gasteiger charge is -2.35. The number of aliphatic imine (C=N–C) groups is 1. The zero-order chi connectivity index (χ0) is 14.3. The Labute approximate surface area is 140 Å². The largest absolute Gasteiger partial charge is 0.373 e. The normalized spacial score (nSPS) is 24.6. The van der Waals surface area contributed by atoms with E-state index in [2.05, 4.69) is 42.9 Å². The summed E-state index contributed by atoms with van der Waals surface area (Å²) in [5.41, 5.74) is 5.79. The predicted octanol–water partition coefficient (Wildman–Crippen LogP) is 1.66. The SMILES string of the molecule is CC(C)CN=C(N)NCCCN1CC(C)OC(C)C1.I. The third-order valence-electron chi connectivity index (χ3n) is 3.08. The van der Waals surface area contributed by atoms with Gasteiger partial charge in [-0.15, -0.1) is 24.0 Å². The van der Waals surface area contributed by atoms with Crippen molar-refractivity contribution in [3.63, 3.8) is 0 Å². The van der Waals surface area contributed by atoms with Crippen molar-refractivity contribution in [3.05, 3.63) is 0 Å². The third-order valence-corrected chi connectivity index (χ3v) is 3.08. The minimum atomic E-state index is 0. The van der Waals surface area contributed by atoms with Gasteiger partial charge in [0.2, 0.25) is 0 Å². The second-order valence-corrected chi connectivity index (χ2v) is 5.92. The first-order valence-corrected chi connectivity index (χ1v) is 7.39. The molecule has 1 aliphatic heterocycles. The highest BCUT2D eigenvalue weighted by molar-refractivity contribution is 14.0. The molecule has 0 spiro atoms. The Morgan fingerprint density at radius 1 is 1.35 bits per heavy atom. The van der Waals surface area contributed by atoms with Crippen LogP contribution in [0.2, 0.25) is 0 Å². The van der Waals surface area contributed by atoms with Crippen LogP contribution in [-0.4, -0.2) is 55.8 Å². The van der Waals surface area contributed by atoms with Gasteiger partial charge in [-0.2, -0.15) is 0 Å². The molecule has 6 heteroatoms. The van der Waals surface area contributed by atoms with Crippen LogP contribution in [0.4, 0.5) is 0 Å². The lowest BCUT2D eigenvalue weighted by atomic mass is 10.2. The Balaban J connectivity index is 0.00000361. The molecular formula is C14H31IN4O. The van der Waals surface area contributed by atoms with Crippen molar-refractivity contribution in [2.45, 2.75) is 46.3 Å². The first-order valence-electron chi connectivity index (χ1n) is 7.39. The summed E-state index contributed by atoms with van der Waals surface area (Å²) >= 11 is 0. The van der Waals surface area contributed by atoms with Crippen molar-refractivity contribution in [3.8, 4) is 0 Å². The van der Waals surface area contributed by atoms with E-state index in [-0.39, 0.29) is 24.0 Å². The monoisotopic (exact) mass is 398 g/mol. The number of hydrogen-bond acceptors (Lipinski definition) is 3. The summed E-state index contributed by atoms with van der Waals surface area (Å²) in [6.07, 6.45) is 1.76. The van der Waals surface area contributed by atoms with E-state index < -0.39 is 0 Å². The molecule has 2 unspecified atom stereocenters. The van der Waals surface area contributed by atoms with E-state index in [1.54, 1.807) is 0 Å². The molecule has 5 nitrogen and oxygen atoms in total. The number of nitrogens with two attached hydrogens (primary N) is 1. The van der Waals surface area contributed by atoms with E-state index >= 15 is 0 Å². The molecule has 1 saturated heterocycles. The molecule has 0 aliphatic carbocycles. The highest BCUT2D eigenvalue weighted by atomic mass is 127. The summed E-state index contributed by atoms with van der Waals surface area (Å²) in [5, 5.41) is 3.17. The Morgan fingerprint density at radius 2 is 1.95 bits per heavy atom. The predicted molar refractivity (Wildman–Crippen MR) is 95.8 cm³/mol. The number of guanidine groups is 1. The molecule has 3 N–H and O–H groups in total. The van der Waals surface area contributed by atoms with Crippen LogP contribution in [0.5, 0.6) is 0 Å². The van der Waals surface area contributed by atoms with Gasteiger partial charge < -0.3 is 15.8 Å². The average Bonchev–Trinajstić information content (AvgIpc) is 2.31. The summed E-state index contributed by atoms with van der Waals surface area (Å²) in [5.74, 6) is 1.12. The molecular weight excluding hydrogens is 367 g/mol. The van der Waals surface area contributed by atoms with Crippen LogP contribution in [0.15, 0.2) is 4.99 Å². The van der Waals surface area contributed by atoms with Gasteiger partial charge in [-0.3, -0.25) is 9.89 Å². The summed E-state index contributed by atoms with van der Waals surface area (Å²) in [7, 11) is 0. The first-order chi connectivity index (χ1) is 8.97. The number of nitrogens with zero attached hydrogens (tertiary/aromatic N) is 2. The fourth-order valence-electron chi connectivity index (χ4n) is 2.32. The fourth-order valence-corrected chi connectivity index (χ4v) is 2.32. The third kappa shape index (κ3) is 8.97. The Bertz CT molecular complexity index is 276. The minimum absolute atomic E-state index is 0. The lowest BCUT2D eigenvalue weighted by molar-refractivity contribution is -0.0679. The zero-order valence-electron chi connectivity index (χ0n) is 13.3. The lowest BCUT2D eigenvalue weighted by Crippen LogP contribution is -2.46. The standard InChI is InChI=1S/C14H30N4O.HI/c1-11(2)8-17-14(15)16-6-5-7-18-9-12(3)19-13(4)10-18;/h11-13H,5-10H2,1-4H3,(H3,15,16,17);1H. The molecule has 1 heterocycles. The number of hydrogen-bond donors (Lipinski definition) is 2. The number of halogens is 1. The maximum atomic E-state index is 5.79. The Morgan fingerprint density at radius 3 is 2.50 bits per heavy atom. The molecule has 2 atom stereocenters. The van der Waals surface area contributed by atoms with Gasteiger partial charge in [0.05, 0.1) is 12.2 Å². The van der Waals surface area contributed by atoms with Gasteiger partial charge in [-0.05, 0) is 26.2 Å². The first kappa shape index (κ1) is 19.9. The van der Waals surface area contributed by atoms with Crippen LogP contribution >= 0.6 is 24.0 Å². The molecule has 0 aromatic rings. The Kier molecular flexibility index (Phi) is 10.6. The van der Waals surface area contributed by atoms with Gasteiger partial charge in [0.25, 0.3) is 0 Å². The molecule has 120 valence electrons. The number of nitrogens with one attached hydrogen (secondary N) is 1. The van der Waals surface area contributed by atoms with Crippen LogP contribution < -0.4 is 11.1 Å². The van der Waals surface area contributed by atoms with Crippen molar-refractivity contribution in [1.82, 2.24) is 10.2 Å². The number of ether oxygens (including phenoxy) is 1. The van der Waals surface area contributed by atoms with Gasteiger partial charge in [0.15, 0.2) is 5.96 Å². The second kappa shape index (κ2) is 10.6. The van der Waals surface area contributed by atoms with Gasteiger partial charge in [0.1, 0.15) is 0 Å². The van der Waals surface area contributed by atoms with Crippen LogP contribution in [0, 0.1) is 5.92 Å². The van der Waals surface area contributed by atoms with Gasteiger partial charge >= 0.3 is 0 Å². The molecule has 1 aliphatic rings. The molecule has 0 aromatic carbocycles. The molecule has 0 bridgehead atoms. The molecule has 1 fully saturated rings. The molecule has 0 amide bonds. The van der Waals surface area contributed by atoms with Crippen LogP contribution in [0.25, 0.3) is 0 Å². The van der Waals surface area contributed by atoms with Crippen molar-refractivity contribution < 1.29 is 4.74 Å². The average molecular weight is 398 g/mol. The maximum absolute atomic E-state index is 5.79. The van der Waals surface area contributed by atoms with E-state index in [1.165, 1.54) is 0 Å². The summed E-state index contributed by atoms with van der Waals surface area (Å²) in [4.78, 5) is 6.74. The van der Waals surface area contributed by atoms with Crippen LogP contribution in [0.1, 0.15) is 34.1 Å². The van der Waals surface area contributed by atoms with E-state index in [0.717, 1.165) is 39.1 Å². The molecule has 1 rings (SSSR count). The van der Waals surface area contributed by atoms with Crippen molar-refractivity contribution >= 4 is 29.9 Å². The van der Waals surface area contributed by atoms with Crippen LogP contribution in [-0.2, 0) is 4.74 Å². The quantitative estimate of drug-likeness (QED) is 0.309. The van der Waals surface area contributed by atoms with Crippen molar-refractivity contribution in [1.29, 1.82) is 0 Å². The summed E-state index contributed by atoms with van der Waals surface area (Å²) in [6, 6.07) is 0. The molecule has 0 saturated carbocycles. The fraction of sp³-hybridized carbons (Fsp3) is 0.929. The summed E-state index contributed by atoms with van der Waals surface area (Å²) in [6.45, 7) is 13.4. The smallest absolute Gasteiger partial charge is 0.188 e. The molecule has 0 radical (unpaired) electrons. The van der Waals surface area contributed by atoms with E-state index in [9.17, 15) is 0 Å². The van der Waals surface area contributed by atoms with E-state index in [0.29, 0.717) is 24.1 Å². The van der Waals surface area contributed by atoms with Crippen molar-refractivity contribution in [2.24, 2.45) is 16.6 Å².